The summed E-state index contributed by atoms with van der Waals surface area (Å²) in [5, 5.41) is 0.708. The lowest BCUT2D eigenvalue weighted by Crippen LogP contribution is -2.54. The standard InChI is InChI=1S/C22H23F3N4O2S2/c1-15-6-8-17(9-7-15)12-20-26-21(32-27-20)28-10-11-29(16(2)14-28)33(30,31)19-5-3-4-18(13-19)22(23,24)25/h3-9,13,16H,10-12,14H2,1-2H3. The first-order chi connectivity index (χ1) is 15.5. The zero-order chi connectivity index (χ0) is 23.8. The molecule has 0 amide bonds. The van der Waals surface area contributed by atoms with Gasteiger partial charge in [-0.2, -0.15) is 21.9 Å². The maximum absolute atomic E-state index is 13.1. The van der Waals surface area contributed by atoms with Gasteiger partial charge in [-0.3, -0.25) is 0 Å². The molecule has 0 N–H and O–H groups in total. The molecule has 1 aliphatic heterocycles. The third kappa shape index (κ3) is 5.20. The Morgan fingerprint density at radius 1 is 1.12 bits per heavy atom. The van der Waals surface area contributed by atoms with Gasteiger partial charge in [-0.1, -0.05) is 35.9 Å². The first-order valence-electron chi connectivity index (χ1n) is 10.4. The zero-order valence-electron chi connectivity index (χ0n) is 18.1. The summed E-state index contributed by atoms with van der Waals surface area (Å²) in [5.41, 5.74) is 1.30. The number of alkyl halides is 3. The highest BCUT2D eigenvalue weighted by Crippen LogP contribution is 2.32. The van der Waals surface area contributed by atoms with Gasteiger partial charge in [0.05, 0.1) is 10.5 Å². The van der Waals surface area contributed by atoms with Crippen LogP contribution in [0.4, 0.5) is 18.3 Å². The summed E-state index contributed by atoms with van der Waals surface area (Å²) in [6, 6.07) is 11.6. The van der Waals surface area contributed by atoms with Crippen LogP contribution in [0.25, 0.3) is 0 Å². The number of nitrogens with zero attached hydrogens (tertiary/aromatic N) is 4. The van der Waals surface area contributed by atoms with Crippen molar-refractivity contribution in [2.45, 2.75) is 37.4 Å². The summed E-state index contributed by atoms with van der Waals surface area (Å²) in [6.45, 7) is 4.66. The van der Waals surface area contributed by atoms with Crippen molar-refractivity contribution < 1.29 is 21.6 Å². The molecule has 0 spiro atoms. The van der Waals surface area contributed by atoms with E-state index in [1.807, 2.05) is 36.1 Å². The van der Waals surface area contributed by atoms with E-state index in [2.05, 4.69) is 9.36 Å². The number of anilines is 1. The van der Waals surface area contributed by atoms with Crippen molar-refractivity contribution in [3.05, 3.63) is 71.0 Å². The lowest BCUT2D eigenvalue weighted by atomic mass is 10.1. The van der Waals surface area contributed by atoms with Crippen molar-refractivity contribution in [3.8, 4) is 0 Å². The summed E-state index contributed by atoms with van der Waals surface area (Å²) in [7, 11) is -4.06. The van der Waals surface area contributed by atoms with Crippen molar-refractivity contribution in [1.29, 1.82) is 0 Å². The van der Waals surface area contributed by atoms with Gasteiger partial charge in [-0.05, 0) is 37.6 Å². The number of benzene rings is 2. The summed E-state index contributed by atoms with van der Waals surface area (Å²) in [5.74, 6) is 0.700. The van der Waals surface area contributed by atoms with Gasteiger partial charge < -0.3 is 4.90 Å². The molecule has 1 fully saturated rings. The van der Waals surface area contributed by atoms with E-state index in [0.29, 0.717) is 36.5 Å². The fourth-order valence-electron chi connectivity index (χ4n) is 3.77. The second kappa shape index (κ2) is 9.03. The van der Waals surface area contributed by atoms with Gasteiger partial charge in [0, 0.05) is 43.6 Å². The molecule has 2 aromatic carbocycles. The molecule has 0 aliphatic carbocycles. The Morgan fingerprint density at radius 2 is 1.85 bits per heavy atom. The van der Waals surface area contributed by atoms with Crippen molar-refractivity contribution in [1.82, 2.24) is 13.7 Å². The molecule has 0 radical (unpaired) electrons. The van der Waals surface area contributed by atoms with Crippen molar-refractivity contribution in [2.24, 2.45) is 0 Å². The molecular weight excluding hydrogens is 473 g/mol. The molecular formula is C22H23F3N4O2S2. The Bertz CT molecular complexity index is 1230. The number of aromatic nitrogens is 2. The van der Waals surface area contributed by atoms with Crippen LogP contribution in [0, 0.1) is 6.92 Å². The van der Waals surface area contributed by atoms with Gasteiger partial charge >= 0.3 is 6.18 Å². The van der Waals surface area contributed by atoms with Crippen molar-refractivity contribution >= 4 is 26.7 Å². The number of piperazine rings is 1. The van der Waals surface area contributed by atoms with Crippen LogP contribution in [0.2, 0.25) is 0 Å². The van der Waals surface area contributed by atoms with Crippen LogP contribution in [0.5, 0.6) is 0 Å². The summed E-state index contributed by atoms with van der Waals surface area (Å²) < 4.78 is 71.0. The lowest BCUT2D eigenvalue weighted by molar-refractivity contribution is -0.137. The number of rotatable bonds is 5. The molecule has 11 heteroatoms. The van der Waals surface area contributed by atoms with Crippen LogP contribution in [-0.4, -0.2) is 47.8 Å². The van der Waals surface area contributed by atoms with Gasteiger partial charge in [0.1, 0.15) is 5.82 Å². The van der Waals surface area contributed by atoms with Gasteiger partial charge in [-0.15, -0.1) is 0 Å². The van der Waals surface area contributed by atoms with Crippen LogP contribution in [-0.2, 0) is 22.6 Å². The molecule has 3 aromatic rings. The molecule has 33 heavy (non-hydrogen) atoms. The number of aryl methyl sites for hydroxylation is 1. The van der Waals surface area contributed by atoms with Gasteiger partial charge in [0.25, 0.3) is 0 Å². The second-order valence-electron chi connectivity index (χ2n) is 8.09. The van der Waals surface area contributed by atoms with E-state index < -0.39 is 27.8 Å². The van der Waals surface area contributed by atoms with E-state index in [9.17, 15) is 21.6 Å². The van der Waals surface area contributed by atoms with Crippen molar-refractivity contribution in [2.75, 3.05) is 24.5 Å². The van der Waals surface area contributed by atoms with E-state index in [1.165, 1.54) is 27.5 Å². The van der Waals surface area contributed by atoms with Gasteiger partial charge in [0.15, 0.2) is 0 Å². The molecule has 2 heterocycles. The first kappa shape index (κ1) is 23.7. The third-order valence-electron chi connectivity index (χ3n) is 5.55. The van der Waals surface area contributed by atoms with Crippen LogP contribution in [0.15, 0.2) is 53.4 Å². The van der Waals surface area contributed by atoms with Gasteiger partial charge in [0.2, 0.25) is 15.2 Å². The molecule has 4 rings (SSSR count). The second-order valence-corrected chi connectivity index (χ2v) is 10.7. The highest BCUT2D eigenvalue weighted by Gasteiger charge is 2.37. The Kier molecular flexibility index (Phi) is 6.47. The maximum atomic E-state index is 13.1. The molecule has 1 saturated heterocycles. The number of sulfonamides is 1. The molecule has 1 atom stereocenters. The predicted molar refractivity (Wildman–Crippen MR) is 121 cm³/mol. The monoisotopic (exact) mass is 496 g/mol. The minimum atomic E-state index is -4.61. The number of hydrogen-bond donors (Lipinski definition) is 0. The Balaban J connectivity index is 1.46. The van der Waals surface area contributed by atoms with Crippen LogP contribution in [0.1, 0.15) is 29.4 Å². The lowest BCUT2D eigenvalue weighted by Gasteiger charge is -2.38. The van der Waals surface area contributed by atoms with Crippen LogP contribution >= 0.6 is 11.5 Å². The largest absolute Gasteiger partial charge is 0.416 e. The predicted octanol–water partition coefficient (Wildman–Crippen LogP) is 4.36. The number of hydrogen-bond acceptors (Lipinski definition) is 6. The highest BCUT2D eigenvalue weighted by molar-refractivity contribution is 7.89. The quantitative estimate of drug-likeness (QED) is 0.525. The maximum Gasteiger partial charge on any atom is 0.416 e. The molecule has 1 aromatic heterocycles. The summed E-state index contributed by atoms with van der Waals surface area (Å²) in [4.78, 5) is 6.23. The van der Waals surface area contributed by atoms with E-state index in [1.54, 1.807) is 6.92 Å². The summed E-state index contributed by atoms with van der Waals surface area (Å²) >= 11 is 1.26. The summed E-state index contributed by atoms with van der Waals surface area (Å²) in [6.07, 6.45) is -4.00. The van der Waals surface area contributed by atoms with Crippen LogP contribution in [0.3, 0.4) is 0 Å². The number of halogens is 3. The molecule has 1 aliphatic rings. The Labute approximate surface area is 194 Å². The minimum Gasteiger partial charge on any atom is -0.344 e. The SMILES string of the molecule is Cc1ccc(Cc2nsc(N3CCN(S(=O)(=O)c4cccc(C(F)(F)F)c4)C(C)C3)n2)cc1. The topological polar surface area (TPSA) is 66.4 Å². The molecule has 176 valence electrons. The molecule has 6 nitrogen and oxygen atoms in total. The Hall–Kier alpha value is -2.50. The van der Waals surface area contributed by atoms with Crippen molar-refractivity contribution in [3.63, 3.8) is 0 Å². The average Bonchev–Trinajstić information content (AvgIpc) is 3.23. The first-order valence-corrected chi connectivity index (χ1v) is 12.6. The third-order valence-corrected chi connectivity index (χ3v) is 8.37. The smallest absolute Gasteiger partial charge is 0.344 e. The fraction of sp³-hybridized carbons (Fsp3) is 0.364. The highest BCUT2D eigenvalue weighted by atomic mass is 32.2. The van der Waals surface area contributed by atoms with E-state index in [4.69, 9.17) is 0 Å². The molecule has 1 unspecified atom stereocenters. The molecule has 0 saturated carbocycles. The van der Waals surface area contributed by atoms with Crippen LogP contribution < -0.4 is 4.90 Å². The average molecular weight is 497 g/mol. The van der Waals surface area contributed by atoms with E-state index >= 15 is 0 Å². The Morgan fingerprint density at radius 3 is 2.52 bits per heavy atom. The van der Waals surface area contributed by atoms with E-state index in [-0.39, 0.29) is 11.4 Å². The van der Waals surface area contributed by atoms with E-state index in [0.717, 1.165) is 17.7 Å². The normalized spacial score (nSPS) is 18.0. The minimum absolute atomic E-state index is 0.145. The zero-order valence-corrected chi connectivity index (χ0v) is 19.7. The van der Waals surface area contributed by atoms with Gasteiger partial charge in [-0.25, -0.2) is 13.4 Å². The molecule has 0 bridgehead atoms. The fourth-order valence-corrected chi connectivity index (χ4v) is 6.15.